The highest BCUT2D eigenvalue weighted by Gasteiger charge is 2.40. The SMILES string of the molecule is CCCCn1c(=O)cc(C(=O)OC2C[C@H]3CC[C@@H](C2)N3C)c2ccccc21. The van der Waals surface area contributed by atoms with Crippen molar-refractivity contribution in [3.8, 4) is 0 Å². The highest BCUT2D eigenvalue weighted by molar-refractivity contribution is 6.03. The van der Waals surface area contributed by atoms with Gasteiger partial charge in [-0.3, -0.25) is 4.79 Å². The fourth-order valence-corrected chi connectivity index (χ4v) is 4.72. The Morgan fingerprint density at radius 2 is 1.89 bits per heavy atom. The minimum atomic E-state index is -0.361. The number of hydrogen-bond donors (Lipinski definition) is 0. The van der Waals surface area contributed by atoms with Crippen LogP contribution >= 0.6 is 0 Å². The molecule has 2 bridgehead atoms. The number of benzene rings is 1. The minimum absolute atomic E-state index is 0.0486. The van der Waals surface area contributed by atoms with Crippen LogP contribution < -0.4 is 5.56 Å². The molecule has 1 unspecified atom stereocenters. The van der Waals surface area contributed by atoms with E-state index in [0.717, 1.165) is 36.6 Å². The van der Waals surface area contributed by atoms with Crippen LogP contribution in [-0.2, 0) is 11.3 Å². The van der Waals surface area contributed by atoms with Gasteiger partial charge in [0.2, 0.25) is 0 Å². The quantitative estimate of drug-likeness (QED) is 0.757. The van der Waals surface area contributed by atoms with E-state index >= 15 is 0 Å². The van der Waals surface area contributed by atoms with Crippen LogP contribution in [0.1, 0.15) is 55.8 Å². The molecule has 5 nitrogen and oxygen atoms in total. The van der Waals surface area contributed by atoms with Crippen molar-refractivity contribution in [1.82, 2.24) is 9.47 Å². The summed E-state index contributed by atoms with van der Waals surface area (Å²) >= 11 is 0. The molecule has 0 aliphatic carbocycles. The van der Waals surface area contributed by atoms with Crippen LogP contribution in [0, 0.1) is 0 Å². The van der Waals surface area contributed by atoms with Crippen molar-refractivity contribution in [1.29, 1.82) is 0 Å². The summed E-state index contributed by atoms with van der Waals surface area (Å²) in [5.74, 6) is -0.361. The number of nitrogens with zero attached hydrogens (tertiary/aromatic N) is 2. The number of aryl methyl sites for hydroxylation is 1. The predicted molar refractivity (Wildman–Crippen MR) is 106 cm³/mol. The summed E-state index contributed by atoms with van der Waals surface area (Å²) < 4.78 is 7.65. The number of unbranched alkanes of at least 4 members (excludes halogenated alkanes) is 1. The van der Waals surface area contributed by atoms with Gasteiger partial charge in [-0.15, -0.1) is 0 Å². The number of rotatable bonds is 5. The van der Waals surface area contributed by atoms with E-state index in [4.69, 9.17) is 4.74 Å². The fraction of sp³-hybridized carbons (Fsp3) is 0.545. The molecule has 3 atom stereocenters. The molecule has 2 saturated heterocycles. The number of fused-ring (bicyclic) bond motifs is 3. The van der Waals surface area contributed by atoms with E-state index in [-0.39, 0.29) is 17.6 Å². The Balaban J connectivity index is 1.62. The Hall–Kier alpha value is -2.14. The minimum Gasteiger partial charge on any atom is -0.459 e. The topological polar surface area (TPSA) is 51.5 Å². The molecule has 2 aromatic rings. The number of carbonyl (C=O) groups is 1. The van der Waals surface area contributed by atoms with Crippen LogP contribution in [0.15, 0.2) is 35.1 Å². The van der Waals surface area contributed by atoms with Gasteiger partial charge in [-0.2, -0.15) is 0 Å². The summed E-state index contributed by atoms with van der Waals surface area (Å²) in [5, 5.41) is 0.800. The summed E-state index contributed by atoms with van der Waals surface area (Å²) in [6.07, 6.45) is 6.06. The van der Waals surface area contributed by atoms with Gasteiger partial charge in [-0.05, 0) is 32.4 Å². The van der Waals surface area contributed by atoms with E-state index in [2.05, 4.69) is 18.9 Å². The molecule has 2 aliphatic rings. The number of hydrogen-bond acceptors (Lipinski definition) is 4. The predicted octanol–water partition coefficient (Wildman–Crippen LogP) is 3.58. The fourth-order valence-electron chi connectivity index (χ4n) is 4.72. The van der Waals surface area contributed by atoms with Gasteiger partial charge in [0.25, 0.3) is 5.56 Å². The summed E-state index contributed by atoms with van der Waals surface area (Å²) in [4.78, 5) is 28.0. The van der Waals surface area contributed by atoms with Gasteiger partial charge in [-0.25, -0.2) is 4.79 Å². The van der Waals surface area contributed by atoms with E-state index in [0.29, 0.717) is 24.2 Å². The summed E-state index contributed by atoms with van der Waals surface area (Å²) in [5.41, 5.74) is 1.08. The van der Waals surface area contributed by atoms with E-state index in [1.54, 1.807) is 4.57 Å². The number of esters is 1. The van der Waals surface area contributed by atoms with Gasteiger partial charge in [0.05, 0.1) is 11.1 Å². The van der Waals surface area contributed by atoms with Gasteiger partial charge < -0.3 is 14.2 Å². The van der Waals surface area contributed by atoms with Crippen LogP contribution in [0.2, 0.25) is 0 Å². The zero-order chi connectivity index (χ0) is 19.0. The molecule has 27 heavy (non-hydrogen) atoms. The van der Waals surface area contributed by atoms with Crippen molar-refractivity contribution in [2.45, 2.75) is 70.2 Å². The molecule has 0 radical (unpaired) electrons. The molecule has 4 rings (SSSR count). The van der Waals surface area contributed by atoms with Crippen molar-refractivity contribution in [3.05, 3.63) is 46.2 Å². The maximum absolute atomic E-state index is 12.9. The number of piperidine rings is 1. The highest BCUT2D eigenvalue weighted by atomic mass is 16.5. The van der Waals surface area contributed by atoms with E-state index < -0.39 is 0 Å². The molecule has 0 amide bonds. The first-order valence-corrected chi connectivity index (χ1v) is 10.1. The molecule has 5 heteroatoms. The lowest BCUT2D eigenvalue weighted by atomic mass is 10.0. The second kappa shape index (κ2) is 7.47. The lowest BCUT2D eigenvalue weighted by Crippen LogP contribution is -2.43. The zero-order valence-corrected chi connectivity index (χ0v) is 16.2. The van der Waals surface area contributed by atoms with E-state index in [1.165, 1.54) is 18.9 Å². The van der Waals surface area contributed by atoms with Gasteiger partial charge >= 0.3 is 5.97 Å². The average Bonchev–Trinajstić information content (AvgIpc) is 2.88. The maximum atomic E-state index is 12.9. The second-order valence-electron chi connectivity index (χ2n) is 7.97. The normalized spacial score (nSPS) is 25.0. The van der Waals surface area contributed by atoms with Gasteiger partial charge in [0, 0.05) is 42.9 Å². The Kier molecular flexibility index (Phi) is 5.04. The third-order valence-corrected chi connectivity index (χ3v) is 6.30. The van der Waals surface area contributed by atoms with Gasteiger partial charge in [0.15, 0.2) is 0 Å². The number of para-hydroxylation sites is 1. The van der Waals surface area contributed by atoms with Gasteiger partial charge in [0.1, 0.15) is 6.10 Å². The van der Waals surface area contributed by atoms with Crippen molar-refractivity contribution in [3.63, 3.8) is 0 Å². The molecule has 0 saturated carbocycles. The van der Waals surface area contributed by atoms with Crippen LogP contribution in [0.5, 0.6) is 0 Å². The molecule has 144 valence electrons. The number of pyridine rings is 1. The van der Waals surface area contributed by atoms with Crippen LogP contribution in [-0.4, -0.2) is 40.7 Å². The molecular formula is C22H28N2O3. The van der Waals surface area contributed by atoms with Crippen molar-refractivity contribution in [2.24, 2.45) is 0 Å². The Bertz CT molecular complexity index is 890. The molecule has 0 spiro atoms. The summed E-state index contributed by atoms with van der Waals surface area (Å²) in [6.45, 7) is 2.77. The smallest absolute Gasteiger partial charge is 0.339 e. The third-order valence-electron chi connectivity index (χ3n) is 6.30. The first kappa shape index (κ1) is 18.2. The van der Waals surface area contributed by atoms with Crippen LogP contribution in [0.4, 0.5) is 0 Å². The third kappa shape index (κ3) is 3.41. The maximum Gasteiger partial charge on any atom is 0.339 e. The van der Waals surface area contributed by atoms with E-state index in [9.17, 15) is 9.59 Å². The van der Waals surface area contributed by atoms with Crippen LogP contribution in [0.3, 0.4) is 0 Å². The van der Waals surface area contributed by atoms with Crippen LogP contribution in [0.25, 0.3) is 10.9 Å². The molecule has 1 aromatic carbocycles. The molecule has 3 heterocycles. The Labute approximate surface area is 159 Å². The van der Waals surface area contributed by atoms with Crippen molar-refractivity contribution in [2.75, 3.05) is 7.05 Å². The van der Waals surface area contributed by atoms with E-state index in [1.807, 2.05) is 24.3 Å². The first-order chi connectivity index (χ1) is 13.1. The lowest BCUT2D eigenvalue weighted by molar-refractivity contribution is -0.000287. The monoisotopic (exact) mass is 368 g/mol. The Morgan fingerprint density at radius 3 is 2.59 bits per heavy atom. The van der Waals surface area contributed by atoms with Gasteiger partial charge in [-0.1, -0.05) is 31.5 Å². The molecular weight excluding hydrogens is 340 g/mol. The number of aromatic nitrogens is 1. The molecule has 1 aromatic heterocycles. The summed E-state index contributed by atoms with van der Waals surface area (Å²) in [7, 11) is 2.17. The molecule has 0 N–H and O–H groups in total. The number of ether oxygens (including phenoxy) is 1. The Morgan fingerprint density at radius 1 is 1.19 bits per heavy atom. The number of carbonyl (C=O) groups excluding carboxylic acids is 1. The standard InChI is InChI=1S/C22H28N2O3/c1-3-4-11-24-20-8-6-5-7-18(20)19(14-21(24)25)22(26)27-17-12-15-9-10-16(13-17)23(15)2/h5-8,14-17H,3-4,9-13H2,1-2H3/t15-,16+,17?. The second-order valence-corrected chi connectivity index (χ2v) is 7.97. The van der Waals surface area contributed by atoms with Crippen molar-refractivity contribution >= 4 is 16.9 Å². The molecule has 2 fully saturated rings. The largest absolute Gasteiger partial charge is 0.459 e. The summed E-state index contributed by atoms with van der Waals surface area (Å²) in [6, 6.07) is 10.1. The first-order valence-electron chi connectivity index (χ1n) is 10.1. The lowest BCUT2D eigenvalue weighted by Gasteiger charge is -2.35. The van der Waals surface area contributed by atoms with Crippen molar-refractivity contribution < 1.29 is 9.53 Å². The molecule has 2 aliphatic heterocycles. The average molecular weight is 368 g/mol. The zero-order valence-electron chi connectivity index (χ0n) is 16.2. The highest BCUT2D eigenvalue weighted by Crippen LogP contribution is 2.35.